The fourth-order valence-electron chi connectivity index (χ4n) is 3.04. The highest BCUT2D eigenvalue weighted by atomic mass is 32.1. The first kappa shape index (κ1) is 22.9. The van der Waals surface area contributed by atoms with Gasteiger partial charge in [0.1, 0.15) is 5.01 Å². The number of methoxy groups -OCH3 is 1. The normalized spacial score (nSPS) is 11.8. The Labute approximate surface area is 191 Å². The van der Waals surface area contributed by atoms with Crippen LogP contribution >= 0.6 is 22.7 Å². The first-order valence-corrected chi connectivity index (χ1v) is 11.1. The predicted molar refractivity (Wildman–Crippen MR) is 114 cm³/mol. The number of halogens is 3. The summed E-state index contributed by atoms with van der Waals surface area (Å²) in [5.41, 5.74) is -0.801. The lowest BCUT2D eigenvalue weighted by molar-refractivity contribution is -0.156. The summed E-state index contributed by atoms with van der Waals surface area (Å²) in [5, 5.41) is 8.76. The summed E-state index contributed by atoms with van der Waals surface area (Å²) in [5.74, 6) is -1.45. The van der Waals surface area contributed by atoms with E-state index < -0.39 is 35.8 Å². The molecule has 0 bridgehead atoms. The van der Waals surface area contributed by atoms with E-state index in [1.54, 1.807) is 10.8 Å². The zero-order valence-electron chi connectivity index (χ0n) is 16.8. The molecule has 0 saturated heterocycles. The third kappa shape index (κ3) is 4.88. The van der Waals surface area contributed by atoms with Crippen molar-refractivity contribution >= 4 is 55.6 Å². The van der Waals surface area contributed by atoms with Crippen LogP contribution in [-0.4, -0.2) is 40.4 Å². The molecule has 3 heterocycles. The maximum Gasteiger partial charge on any atom is 0.416 e. The molecule has 0 amide bonds. The zero-order chi connectivity index (χ0) is 23.8. The van der Waals surface area contributed by atoms with Crippen molar-refractivity contribution in [2.24, 2.45) is 0 Å². The van der Waals surface area contributed by atoms with Gasteiger partial charge < -0.3 is 9.47 Å². The third-order valence-corrected chi connectivity index (χ3v) is 6.38. The molecule has 0 aliphatic heterocycles. The number of carbonyl (C=O) groups excluding carboxylic acids is 2. The summed E-state index contributed by atoms with van der Waals surface area (Å²) in [4.78, 5) is 40.4. The molecule has 172 valence electrons. The molecule has 0 atom stereocenters. The van der Waals surface area contributed by atoms with Crippen molar-refractivity contribution in [1.29, 1.82) is 0 Å². The van der Waals surface area contributed by atoms with Crippen molar-refractivity contribution in [2.75, 3.05) is 13.7 Å². The highest BCUT2D eigenvalue weighted by Gasteiger charge is 2.30. The number of thiazole rings is 1. The molecule has 0 fully saturated rings. The molecule has 0 aliphatic carbocycles. The molecule has 8 nitrogen and oxygen atoms in total. The number of carbonyl (C=O) groups is 2. The predicted octanol–water partition coefficient (Wildman–Crippen LogP) is 3.39. The molecule has 4 aromatic rings. The highest BCUT2D eigenvalue weighted by Crippen LogP contribution is 2.33. The van der Waals surface area contributed by atoms with Gasteiger partial charge in [0.15, 0.2) is 6.61 Å². The standard InChI is InChI=1S/C20H14F3N3O5S2/c1-30-18(28)7-31-17(27)5-13-11-8-32-9-12(11)19(29)26(25-13)6-16-24-14-4-10(20(21,22)23)2-3-15(14)33-16/h2-4,8-9H,5-7H2,1H3. The second kappa shape index (κ2) is 8.90. The number of alkyl halides is 3. The van der Waals surface area contributed by atoms with Gasteiger partial charge in [-0.05, 0) is 18.2 Å². The average molecular weight is 497 g/mol. The van der Waals surface area contributed by atoms with Gasteiger partial charge in [0, 0.05) is 16.1 Å². The number of esters is 2. The highest BCUT2D eigenvalue weighted by molar-refractivity contribution is 7.18. The minimum absolute atomic E-state index is 0.0878. The molecule has 4 rings (SSSR count). The van der Waals surface area contributed by atoms with Gasteiger partial charge in [0.25, 0.3) is 5.56 Å². The van der Waals surface area contributed by atoms with Crippen molar-refractivity contribution < 1.29 is 32.2 Å². The summed E-state index contributed by atoms with van der Waals surface area (Å²) >= 11 is 2.40. The van der Waals surface area contributed by atoms with Gasteiger partial charge in [-0.3, -0.25) is 9.59 Å². The van der Waals surface area contributed by atoms with Gasteiger partial charge in [-0.25, -0.2) is 14.5 Å². The number of thiophene rings is 1. The second-order valence-electron chi connectivity index (χ2n) is 6.81. The van der Waals surface area contributed by atoms with Gasteiger partial charge in [0.2, 0.25) is 0 Å². The van der Waals surface area contributed by atoms with Gasteiger partial charge in [-0.2, -0.15) is 29.6 Å². The Morgan fingerprint density at radius 2 is 1.91 bits per heavy atom. The molecule has 0 saturated carbocycles. The number of ether oxygens (including phenoxy) is 2. The number of hydrogen-bond acceptors (Lipinski definition) is 9. The summed E-state index contributed by atoms with van der Waals surface area (Å²) < 4.78 is 49.8. The van der Waals surface area contributed by atoms with Crippen molar-refractivity contribution in [3.8, 4) is 0 Å². The maximum atomic E-state index is 13.0. The number of rotatable bonds is 6. The molecule has 3 aromatic heterocycles. The smallest absolute Gasteiger partial charge is 0.416 e. The molecule has 1 aromatic carbocycles. The van der Waals surface area contributed by atoms with E-state index in [1.165, 1.54) is 17.4 Å². The Bertz CT molecular complexity index is 1420. The second-order valence-corrected chi connectivity index (χ2v) is 8.67. The molecular formula is C20H14F3N3O5S2. The van der Waals surface area contributed by atoms with Crippen molar-refractivity contribution in [3.05, 3.63) is 55.6 Å². The molecular weight excluding hydrogens is 483 g/mol. The van der Waals surface area contributed by atoms with Crippen LogP contribution in [-0.2, 0) is 38.2 Å². The van der Waals surface area contributed by atoms with E-state index in [4.69, 9.17) is 4.74 Å². The van der Waals surface area contributed by atoms with E-state index in [1.807, 2.05) is 0 Å². The Balaban J connectivity index is 1.64. The van der Waals surface area contributed by atoms with Crippen LogP contribution in [0.25, 0.3) is 21.0 Å². The van der Waals surface area contributed by atoms with Crippen LogP contribution < -0.4 is 5.56 Å². The third-order valence-electron chi connectivity index (χ3n) is 4.61. The van der Waals surface area contributed by atoms with Crippen LogP contribution in [0.4, 0.5) is 13.2 Å². The molecule has 0 aliphatic rings. The fraction of sp³-hybridized carbons (Fsp3) is 0.250. The van der Waals surface area contributed by atoms with Gasteiger partial charge in [-0.15, -0.1) is 11.3 Å². The topological polar surface area (TPSA) is 100 Å². The van der Waals surface area contributed by atoms with Crippen molar-refractivity contribution in [3.63, 3.8) is 0 Å². The lowest BCUT2D eigenvalue weighted by Crippen LogP contribution is -2.26. The van der Waals surface area contributed by atoms with Crippen LogP contribution in [0.1, 0.15) is 16.3 Å². The number of nitrogens with zero attached hydrogens (tertiary/aromatic N) is 3. The van der Waals surface area contributed by atoms with E-state index >= 15 is 0 Å². The van der Waals surface area contributed by atoms with Crippen molar-refractivity contribution in [2.45, 2.75) is 19.1 Å². The van der Waals surface area contributed by atoms with Gasteiger partial charge in [0.05, 0.1) is 46.9 Å². The van der Waals surface area contributed by atoms with E-state index in [0.29, 0.717) is 20.5 Å². The molecule has 0 unspecified atom stereocenters. The van der Waals surface area contributed by atoms with E-state index in [2.05, 4.69) is 14.8 Å². The summed E-state index contributed by atoms with van der Waals surface area (Å²) in [6, 6.07) is 3.26. The van der Waals surface area contributed by atoms with Crippen LogP contribution in [0, 0.1) is 0 Å². The SMILES string of the molecule is COC(=O)COC(=O)Cc1nn(Cc2nc3cc(C(F)(F)F)ccc3s2)c(=O)c2cscc12. The van der Waals surface area contributed by atoms with Crippen LogP contribution in [0.3, 0.4) is 0 Å². The fourth-order valence-corrected chi connectivity index (χ4v) is 4.80. The number of hydrogen-bond donors (Lipinski definition) is 0. The molecule has 0 spiro atoms. The number of aromatic nitrogens is 3. The van der Waals surface area contributed by atoms with Crippen LogP contribution in [0.5, 0.6) is 0 Å². The van der Waals surface area contributed by atoms with E-state index in [9.17, 15) is 27.6 Å². The number of fused-ring (bicyclic) bond motifs is 2. The van der Waals surface area contributed by atoms with E-state index in [0.717, 1.165) is 35.3 Å². The summed E-state index contributed by atoms with van der Waals surface area (Å²) in [6.07, 6.45) is -4.78. The molecule has 33 heavy (non-hydrogen) atoms. The lowest BCUT2D eigenvalue weighted by atomic mass is 10.2. The Morgan fingerprint density at radius 1 is 1.15 bits per heavy atom. The number of benzene rings is 1. The Kier molecular flexibility index (Phi) is 6.17. The minimum Gasteiger partial charge on any atom is -0.466 e. The Morgan fingerprint density at radius 3 is 2.64 bits per heavy atom. The first-order valence-electron chi connectivity index (χ1n) is 9.30. The quantitative estimate of drug-likeness (QED) is 0.377. The monoisotopic (exact) mass is 497 g/mol. The largest absolute Gasteiger partial charge is 0.466 e. The average Bonchev–Trinajstić information content (AvgIpc) is 3.41. The van der Waals surface area contributed by atoms with E-state index in [-0.39, 0.29) is 24.2 Å². The van der Waals surface area contributed by atoms with Crippen LogP contribution in [0.15, 0.2) is 33.8 Å². The van der Waals surface area contributed by atoms with Crippen LogP contribution in [0.2, 0.25) is 0 Å². The first-order chi connectivity index (χ1) is 15.7. The van der Waals surface area contributed by atoms with Crippen molar-refractivity contribution in [1.82, 2.24) is 14.8 Å². The van der Waals surface area contributed by atoms with Gasteiger partial charge >= 0.3 is 18.1 Å². The van der Waals surface area contributed by atoms with Gasteiger partial charge in [-0.1, -0.05) is 0 Å². The maximum absolute atomic E-state index is 13.0. The summed E-state index contributed by atoms with van der Waals surface area (Å²) in [7, 11) is 1.16. The Hall–Kier alpha value is -3.32. The lowest BCUT2D eigenvalue weighted by Gasteiger charge is -2.08. The molecule has 0 N–H and O–H groups in total. The summed E-state index contributed by atoms with van der Waals surface area (Å²) in [6.45, 7) is -0.636. The minimum atomic E-state index is -4.49. The zero-order valence-corrected chi connectivity index (χ0v) is 18.5. The molecule has 0 radical (unpaired) electrons. The molecule has 13 heteroatoms.